The zero-order valence-electron chi connectivity index (χ0n) is 10.7. The van der Waals surface area contributed by atoms with E-state index < -0.39 is 0 Å². The van der Waals surface area contributed by atoms with Crippen molar-refractivity contribution in [3.05, 3.63) is 51.5 Å². The van der Waals surface area contributed by atoms with E-state index in [0.717, 1.165) is 27.4 Å². The smallest absolute Gasteiger partial charge is 0.0610 e. The molecule has 98 valence electrons. The number of fused-ring (bicyclic) bond motifs is 3. The van der Waals surface area contributed by atoms with E-state index in [1.807, 2.05) is 38.4 Å². The first kappa shape index (κ1) is 12.8. The highest BCUT2D eigenvalue weighted by Gasteiger charge is 2.32. The fraction of sp³-hybridized carbons (Fsp3) is 0.200. The van der Waals surface area contributed by atoms with Gasteiger partial charge in [-0.05, 0) is 55.1 Å². The highest BCUT2D eigenvalue weighted by molar-refractivity contribution is 6.31. The molecule has 3 rings (SSSR count). The summed E-state index contributed by atoms with van der Waals surface area (Å²) in [5, 5.41) is 1.41. The molecule has 0 amide bonds. The van der Waals surface area contributed by atoms with Crippen molar-refractivity contribution in [2.75, 3.05) is 19.8 Å². The maximum absolute atomic E-state index is 6.15. The number of nitrogen functional groups attached to an aromatic ring is 1. The molecule has 0 bridgehead atoms. The van der Waals surface area contributed by atoms with Gasteiger partial charge < -0.3 is 5.73 Å². The van der Waals surface area contributed by atoms with Crippen molar-refractivity contribution in [1.29, 1.82) is 0 Å². The summed E-state index contributed by atoms with van der Waals surface area (Å²) in [6.45, 7) is 0. The molecule has 2 nitrogen and oxygen atoms in total. The molecule has 4 heteroatoms. The normalized spacial score (nSPS) is 16.6. The van der Waals surface area contributed by atoms with Gasteiger partial charge >= 0.3 is 0 Å². The molecule has 0 saturated carbocycles. The van der Waals surface area contributed by atoms with Crippen molar-refractivity contribution in [3.63, 3.8) is 0 Å². The number of nitrogens with zero attached hydrogens (tertiary/aromatic N) is 1. The third-order valence-electron chi connectivity index (χ3n) is 3.55. The van der Waals surface area contributed by atoms with Gasteiger partial charge in [0, 0.05) is 21.3 Å². The van der Waals surface area contributed by atoms with Crippen LogP contribution < -0.4 is 5.73 Å². The lowest BCUT2D eigenvalue weighted by Gasteiger charge is -2.22. The SMILES string of the molecule is CN(C)[C@H]1c2cc(Cl)ccc2-c2c(N)cc(Cl)cc21. The molecule has 0 saturated heterocycles. The van der Waals surface area contributed by atoms with Gasteiger partial charge in [-0.3, -0.25) is 4.90 Å². The van der Waals surface area contributed by atoms with Crippen LogP contribution in [0, 0.1) is 0 Å². The summed E-state index contributed by atoms with van der Waals surface area (Å²) in [6, 6.07) is 9.88. The summed E-state index contributed by atoms with van der Waals surface area (Å²) >= 11 is 12.3. The number of hydrogen-bond donors (Lipinski definition) is 1. The Bertz CT molecular complexity index is 665. The van der Waals surface area contributed by atoms with Crippen LogP contribution in [0.3, 0.4) is 0 Å². The number of hydrogen-bond acceptors (Lipinski definition) is 2. The molecule has 0 unspecified atom stereocenters. The Morgan fingerprint density at radius 3 is 2.37 bits per heavy atom. The third-order valence-corrected chi connectivity index (χ3v) is 4.01. The van der Waals surface area contributed by atoms with Crippen LogP contribution in [0.25, 0.3) is 11.1 Å². The first-order chi connectivity index (χ1) is 8.99. The molecule has 19 heavy (non-hydrogen) atoms. The Balaban J connectivity index is 2.35. The van der Waals surface area contributed by atoms with E-state index in [1.165, 1.54) is 5.56 Å². The lowest BCUT2D eigenvalue weighted by molar-refractivity contribution is 0.348. The maximum Gasteiger partial charge on any atom is 0.0610 e. The van der Waals surface area contributed by atoms with Gasteiger partial charge in [0.25, 0.3) is 0 Å². The van der Waals surface area contributed by atoms with E-state index in [9.17, 15) is 0 Å². The molecule has 1 aliphatic rings. The first-order valence-corrected chi connectivity index (χ1v) is 6.80. The fourth-order valence-corrected chi connectivity index (χ4v) is 3.30. The van der Waals surface area contributed by atoms with Gasteiger partial charge in [0.2, 0.25) is 0 Å². The van der Waals surface area contributed by atoms with E-state index in [1.54, 1.807) is 6.07 Å². The second-order valence-corrected chi connectivity index (χ2v) is 5.93. The molecule has 0 spiro atoms. The highest BCUT2D eigenvalue weighted by atomic mass is 35.5. The molecule has 2 aromatic carbocycles. The van der Waals surface area contributed by atoms with Gasteiger partial charge in [0.15, 0.2) is 0 Å². The first-order valence-electron chi connectivity index (χ1n) is 6.04. The lowest BCUT2D eigenvalue weighted by atomic mass is 10.0. The Morgan fingerprint density at radius 2 is 1.68 bits per heavy atom. The van der Waals surface area contributed by atoms with Crippen molar-refractivity contribution >= 4 is 28.9 Å². The predicted octanol–water partition coefficient (Wildman–Crippen LogP) is 4.21. The average molecular weight is 293 g/mol. The third kappa shape index (κ3) is 1.91. The van der Waals surface area contributed by atoms with E-state index >= 15 is 0 Å². The zero-order valence-corrected chi connectivity index (χ0v) is 12.3. The Kier molecular flexibility index (Phi) is 2.97. The molecule has 2 N–H and O–H groups in total. The number of halogens is 2. The van der Waals surface area contributed by atoms with Gasteiger partial charge in [0.05, 0.1) is 6.04 Å². The Hall–Kier alpha value is -1.22. The monoisotopic (exact) mass is 292 g/mol. The fourth-order valence-electron chi connectivity index (χ4n) is 2.89. The highest BCUT2D eigenvalue weighted by Crippen LogP contribution is 2.49. The molecule has 0 aromatic heterocycles. The standard InChI is InChI=1S/C15H14Cl2N2/c1-19(2)15-11-5-8(16)3-4-10(11)14-12(15)6-9(17)7-13(14)18/h3-7,15H,18H2,1-2H3/t15-/m0/s1. The van der Waals surface area contributed by atoms with Gasteiger partial charge in [-0.25, -0.2) is 0 Å². The van der Waals surface area contributed by atoms with Crippen LogP contribution in [-0.4, -0.2) is 19.0 Å². The van der Waals surface area contributed by atoms with E-state index in [4.69, 9.17) is 28.9 Å². The van der Waals surface area contributed by atoms with Crippen LogP contribution >= 0.6 is 23.2 Å². The molecule has 0 heterocycles. The molecule has 0 fully saturated rings. The van der Waals surface area contributed by atoms with Crippen molar-refractivity contribution in [3.8, 4) is 11.1 Å². The Morgan fingerprint density at radius 1 is 1.00 bits per heavy atom. The molecular weight excluding hydrogens is 279 g/mol. The molecule has 2 aromatic rings. The van der Waals surface area contributed by atoms with Crippen molar-refractivity contribution < 1.29 is 0 Å². The van der Waals surface area contributed by atoms with E-state index in [0.29, 0.717) is 5.02 Å². The van der Waals surface area contributed by atoms with Crippen LogP contribution in [0.15, 0.2) is 30.3 Å². The van der Waals surface area contributed by atoms with Gasteiger partial charge in [-0.2, -0.15) is 0 Å². The summed E-state index contributed by atoms with van der Waals surface area (Å²) < 4.78 is 0. The van der Waals surface area contributed by atoms with Gasteiger partial charge in [-0.1, -0.05) is 29.3 Å². The van der Waals surface area contributed by atoms with E-state index in [2.05, 4.69) is 4.90 Å². The number of rotatable bonds is 1. The Labute approximate surface area is 122 Å². The molecule has 1 aliphatic carbocycles. The molecule has 1 atom stereocenters. The molecular formula is C15H14Cl2N2. The minimum absolute atomic E-state index is 0.143. The number of anilines is 1. The van der Waals surface area contributed by atoms with Crippen LogP contribution in [0.2, 0.25) is 10.0 Å². The van der Waals surface area contributed by atoms with Crippen molar-refractivity contribution in [1.82, 2.24) is 4.90 Å². The van der Waals surface area contributed by atoms with Gasteiger partial charge in [-0.15, -0.1) is 0 Å². The van der Waals surface area contributed by atoms with Crippen molar-refractivity contribution in [2.24, 2.45) is 0 Å². The van der Waals surface area contributed by atoms with E-state index in [-0.39, 0.29) is 6.04 Å². The molecule has 0 aliphatic heterocycles. The summed E-state index contributed by atoms with van der Waals surface area (Å²) in [6.07, 6.45) is 0. The minimum Gasteiger partial charge on any atom is -0.398 e. The second kappa shape index (κ2) is 4.41. The number of nitrogens with two attached hydrogens (primary N) is 1. The summed E-state index contributed by atoms with van der Waals surface area (Å²) in [4.78, 5) is 2.15. The average Bonchev–Trinajstić information content (AvgIpc) is 2.61. The number of benzene rings is 2. The zero-order chi connectivity index (χ0) is 13.7. The molecule has 0 radical (unpaired) electrons. The van der Waals surface area contributed by atoms with Crippen LogP contribution in [-0.2, 0) is 0 Å². The van der Waals surface area contributed by atoms with Crippen LogP contribution in [0.1, 0.15) is 17.2 Å². The summed E-state index contributed by atoms with van der Waals surface area (Å²) in [7, 11) is 4.09. The topological polar surface area (TPSA) is 29.3 Å². The summed E-state index contributed by atoms with van der Waals surface area (Å²) in [5.74, 6) is 0. The predicted molar refractivity (Wildman–Crippen MR) is 81.8 cm³/mol. The van der Waals surface area contributed by atoms with Crippen molar-refractivity contribution in [2.45, 2.75) is 6.04 Å². The second-order valence-electron chi connectivity index (χ2n) is 5.06. The lowest BCUT2D eigenvalue weighted by Crippen LogP contribution is -2.19. The van der Waals surface area contributed by atoms with Crippen LogP contribution in [0.5, 0.6) is 0 Å². The van der Waals surface area contributed by atoms with Crippen LogP contribution in [0.4, 0.5) is 5.69 Å². The maximum atomic E-state index is 6.15. The summed E-state index contributed by atoms with van der Waals surface area (Å²) in [5.41, 5.74) is 11.4. The minimum atomic E-state index is 0.143. The largest absolute Gasteiger partial charge is 0.398 e. The quantitative estimate of drug-likeness (QED) is 0.798. The van der Waals surface area contributed by atoms with Gasteiger partial charge in [0.1, 0.15) is 0 Å².